The molecule has 1 fully saturated rings. The number of aliphatic hydroxyl groups is 1. The molecule has 3 rings (SSSR count). The minimum atomic E-state index is -0.564. The molecule has 1 aliphatic rings. The zero-order valence-electron chi connectivity index (χ0n) is 19.8. The summed E-state index contributed by atoms with van der Waals surface area (Å²) in [5.74, 6) is 0. The molecule has 1 N–H and O–H groups in total. The number of carbonyl (C=O) groups excluding carboxylic acids is 1. The molecular formula is C22H33ClN4O5. The Bertz CT molecular complexity index is 938. The number of carbonyl (C=O) groups is 1. The maximum Gasteiger partial charge on any atom is 0.410 e. The van der Waals surface area contributed by atoms with Gasteiger partial charge in [-0.1, -0.05) is 25.4 Å². The molecule has 32 heavy (non-hydrogen) atoms. The van der Waals surface area contributed by atoms with E-state index in [2.05, 4.69) is 4.98 Å². The van der Waals surface area contributed by atoms with Gasteiger partial charge in [0.15, 0.2) is 0 Å². The van der Waals surface area contributed by atoms with Crippen LogP contribution in [0.3, 0.4) is 0 Å². The molecule has 0 atom stereocenters. The van der Waals surface area contributed by atoms with E-state index in [1.807, 2.05) is 52.5 Å². The van der Waals surface area contributed by atoms with E-state index in [0.717, 1.165) is 12.7 Å². The van der Waals surface area contributed by atoms with Gasteiger partial charge in [-0.25, -0.2) is 9.78 Å². The van der Waals surface area contributed by atoms with Gasteiger partial charge in [0, 0.05) is 43.7 Å². The van der Waals surface area contributed by atoms with Crippen LogP contribution < -0.4 is 4.90 Å². The SMILES string of the molecule is CC.CO.Cc1cc2c(N3CCN(C(=O)OC(C)(C)C)CC3)c([N+](=O)[O-])cnc2cc1Cl. The third-order valence-electron chi connectivity index (χ3n) is 4.54. The van der Waals surface area contributed by atoms with Crippen LogP contribution in [-0.4, -0.2) is 64.9 Å². The zero-order valence-corrected chi connectivity index (χ0v) is 20.6. The van der Waals surface area contributed by atoms with E-state index in [9.17, 15) is 14.9 Å². The molecule has 1 saturated heterocycles. The van der Waals surface area contributed by atoms with Gasteiger partial charge in [-0.3, -0.25) is 10.1 Å². The number of ether oxygens (including phenoxy) is 1. The molecule has 1 aromatic carbocycles. The lowest BCUT2D eigenvalue weighted by Crippen LogP contribution is -2.50. The number of nitrogens with zero attached hydrogens (tertiary/aromatic N) is 4. The van der Waals surface area contributed by atoms with Crippen molar-refractivity contribution < 1.29 is 19.6 Å². The summed E-state index contributed by atoms with van der Waals surface area (Å²) < 4.78 is 5.41. The predicted molar refractivity (Wildman–Crippen MR) is 128 cm³/mol. The number of hydrogen-bond donors (Lipinski definition) is 1. The molecule has 1 aliphatic heterocycles. The molecule has 0 bridgehead atoms. The molecule has 178 valence electrons. The minimum absolute atomic E-state index is 0.0556. The van der Waals surface area contributed by atoms with Crippen molar-refractivity contribution in [2.45, 2.75) is 47.1 Å². The summed E-state index contributed by atoms with van der Waals surface area (Å²) in [6.45, 7) is 13.1. The van der Waals surface area contributed by atoms with Crippen molar-refractivity contribution >= 4 is 40.0 Å². The minimum Gasteiger partial charge on any atom is -0.444 e. The van der Waals surface area contributed by atoms with Crippen molar-refractivity contribution in [2.75, 3.05) is 38.2 Å². The summed E-state index contributed by atoms with van der Waals surface area (Å²) >= 11 is 6.19. The fourth-order valence-electron chi connectivity index (χ4n) is 3.20. The first-order valence-electron chi connectivity index (χ1n) is 10.5. The average molecular weight is 469 g/mol. The summed E-state index contributed by atoms with van der Waals surface area (Å²) in [6.07, 6.45) is 0.896. The monoisotopic (exact) mass is 468 g/mol. The predicted octanol–water partition coefficient (Wildman–Crippen LogP) is 4.80. The van der Waals surface area contributed by atoms with Crippen molar-refractivity contribution in [3.63, 3.8) is 0 Å². The summed E-state index contributed by atoms with van der Waals surface area (Å²) in [5.41, 5.74) is 1.32. The molecule has 1 aromatic heterocycles. The number of aliphatic hydroxyl groups excluding tert-OH is 1. The van der Waals surface area contributed by atoms with Crippen molar-refractivity contribution in [1.29, 1.82) is 0 Å². The number of pyridine rings is 1. The van der Waals surface area contributed by atoms with Crippen LogP contribution in [0.15, 0.2) is 18.3 Å². The molecule has 10 heteroatoms. The summed E-state index contributed by atoms with van der Waals surface area (Å²) in [7, 11) is 1.00. The molecule has 9 nitrogen and oxygen atoms in total. The molecule has 2 heterocycles. The van der Waals surface area contributed by atoms with E-state index in [1.165, 1.54) is 6.20 Å². The van der Waals surface area contributed by atoms with Crippen LogP contribution in [0.5, 0.6) is 0 Å². The van der Waals surface area contributed by atoms with Crippen LogP contribution in [0.4, 0.5) is 16.2 Å². The second kappa shape index (κ2) is 11.8. The lowest BCUT2D eigenvalue weighted by atomic mass is 10.1. The van der Waals surface area contributed by atoms with Gasteiger partial charge in [-0.2, -0.15) is 0 Å². The Kier molecular flexibility index (Phi) is 10.1. The lowest BCUT2D eigenvalue weighted by Gasteiger charge is -2.36. The van der Waals surface area contributed by atoms with E-state index >= 15 is 0 Å². The molecule has 0 saturated carbocycles. The zero-order chi connectivity index (χ0) is 24.6. The van der Waals surface area contributed by atoms with Gasteiger partial charge in [-0.15, -0.1) is 0 Å². The Morgan fingerprint density at radius 1 is 1.19 bits per heavy atom. The van der Waals surface area contributed by atoms with Crippen molar-refractivity contribution in [1.82, 2.24) is 9.88 Å². The number of hydrogen-bond acceptors (Lipinski definition) is 7. The van der Waals surface area contributed by atoms with Crippen LogP contribution in [0.2, 0.25) is 5.02 Å². The lowest BCUT2D eigenvalue weighted by molar-refractivity contribution is -0.384. The number of nitro groups is 1. The topological polar surface area (TPSA) is 109 Å². The second-order valence-corrected chi connectivity index (χ2v) is 8.23. The average Bonchev–Trinajstić information content (AvgIpc) is 2.75. The highest BCUT2D eigenvalue weighted by molar-refractivity contribution is 6.32. The Hall–Kier alpha value is -2.65. The third kappa shape index (κ3) is 6.67. The summed E-state index contributed by atoms with van der Waals surface area (Å²) in [6, 6.07) is 3.55. The van der Waals surface area contributed by atoms with Gasteiger partial charge in [0.05, 0.1) is 10.4 Å². The van der Waals surface area contributed by atoms with Gasteiger partial charge in [0.25, 0.3) is 0 Å². The second-order valence-electron chi connectivity index (χ2n) is 7.82. The maximum atomic E-state index is 12.3. The number of benzene rings is 1. The number of anilines is 1. The third-order valence-corrected chi connectivity index (χ3v) is 4.95. The van der Waals surface area contributed by atoms with E-state index in [-0.39, 0.29) is 11.8 Å². The smallest absolute Gasteiger partial charge is 0.410 e. The van der Waals surface area contributed by atoms with E-state index in [1.54, 1.807) is 11.0 Å². The molecule has 1 amide bonds. The highest BCUT2D eigenvalue weighted by Crippen LogP contribution is 2.37. The Morgan fingerprint density at radius 3 is 2.25 bits per heavy atom. The van der Waals surface area contributed by atoms with E-state index < -0.39 is 10.5 Å². The largest absolute Gasteiger partial charge is 0.444 e. The molecular weight excluding hydrogens is 436 g/mol. The van der Waals surface area contributed by atoms with Crippen molar-refractivity contribution in [3.05, 3.63) is 39.0 Å². The van der Waals surface area contributed by atoms with Crippen molar-refractivity contribution in [2.24, 2.45) is 0 Å². The number of amides is 1. The van der Waals surface area contributed by atoms with Crippen LogP contribution >= 0.6 is 11.6 Å². The summed E-state index contributed by atoms with van der Waals surface area (Å²) in [5, 5.41) is 19.9. The molecule has 0 unspecified atom stereocenters. The Balaban J connectivity index is 0.00000121. The number of aromatic nitrogens is 1. The Morgan fingerprint density at radius 2 is 1.75 bits per heavy atom. The van der Waals surface area contributed by atoms with Crippen LogP contribution in [0.1, 0.15) is 40.2 Å². The highest BCUT2D eigenvalue weighted by atomic mass is 35.5. The molecule has 2 aromatic rings. The number of halogens is 1. The fourth-order valence-corrected chi connectivity index (χ4v) is 3.36. The molecule has 0 radical (unpaired) electrons. The highest BCUT2D eigenvalue weighted by Gasteiger charge is 2.30. The number of aryl methyl sites for hydroxylation is 1. The first-order valence-corrected chi connectivity index (χ1v) is 10.9. The fraction of sp³-hybridized carbons (Fsp3) is 0.545. The maximum absolute atomic E-state index is 12.3. The first-order chi connectivity index (χ1) is 15.1. The van der Waals surface area contributed by atoms with Gasteiger partial charge in [0.1, 0.15) is 17.5 Å². The van der Waals surface area contributed by atoms with Gasteiger partial charge in [-0.05, 0) is 45.4 Å². The first kappa shape index (κ1) is 27.4. The van der Waals surface area contributed by atoms with E-state index in [0.29, 0.717) is 47.8 Å². The van der Waals surface area contributed by atoms with Gasteiger partial charge >= 0.3 is 11.8 Å². The quantitative estimate of drug-likeness (QED) is 0.498. The molecule has 0 spiro atoms. The van der Waals surface area contributed by atoms with Crippen molar-refractivity contribution in [3.8, 4) is 0 Å². The number of piperazine rings is 1. The standard InChI is InChI=1S/C19H23ClN4O4.C2H6.CH4O/c1-12-9-13-15(10-14(12)20)21-11-16(24(26)27)17(13)22-5-7-23(8-6-22)18(25)28-19(2,3)4;2*1-2/h9-11H,5-8H2,1-4H3;1-2H3;2H,1H3. The van der Waals surface area contributed by atoms with Crippen LogP contribution in [-0.2, 0) is 4.74 Å². The number of fused-ring (bicyclic) bond motifs is 1. The van der Waals surface area contributed by atoms with Crippen LogP contribution in [0.25, 0.3) is 10.9 Å². The van der Waals surface area contributed by atoms with E-state index in [4.69, 9.17) is 21.4 Å². The number of rotatable bonds is 2. The van der Waals surface area contributed by atoms with Crippen LogP contribution in [0, 0.1) is 17.0 Å². The summed E-state index contributed by atoms with van der Waals surface area (Å²) in [4.78, 5) is 31.2. The Labute approximate surface area is 194 Å². The van der Waals surface area contributed by atoms with Gasteiger partial charge < -0.3 is 19.6 Å². The normalized spacial score (nSPS) is 13.5. The van der Waals surface area contributed by atoms with Gasteiger partial charge in [0.2, 0.25) is 0 Å². The molecule has 0 aliphatic carbocycles.